The van der Waals surface area contributed by atoms with Gasteiger partial charge in [-0.25, -0.2) is 0 Å². The third kappa shape index (κ3) is 3.71. The normalized spacial score (nSPS) is 21.2. The van der Waals surface area contributed by atoms with Crippen LogP contribution in [-0.2, 0) is 4.74 Å². The summed E-state index contributed by atoms with van der Waals surface area (Å²) < 4.78 is 7.13. The minimum atomic E-state index is -0.331. The fourth-order valence-electron chi connectivity index (χ4n) is 3.17. The first-order chi connectivity index (χ1) is 12.2. The number of hydrogen-bond acceptors (Lipinski definition) is 5. The van der Waals surface area contributed by atoms with E-state index in [2.05, 4.69) is 15.3 Å². The molecule has 0 amide bonds. The van der Waals surface area contributed by atoms with E-state index in [1.807, 2.05) is 30.3 Å². The Labute approximate surface area is 151 Å². The number of ether oxygens (including phenoxy) is 1. The monoisotopic (exact) mass is 360 g/mol. The number of anilines is 1. The summed E-state index contributed by atoms with van der Waals surface area (Å²) in [5.41, 5.74) is 0.907. The lowest BCUT2D eigenvalue weighted by Crippen LogP contribution is -2.46. The molecule has 1 aromatic carbocycles. The molecule has 1 saturated heterocycles. The highest BCUT2D eigenvalue weighted by Gasteiger charge is 2.32. The molecular weight excluding hydrogens is 340 g/mol. The van der Waals surface area contributed by atoms with Crippen LogP contribution in [0.1, 0.15) is 12.8 Å². The Morgan fingerprint density at radius 2 is 2.08 bits per heavy atom. The molecule has 6 nitrogen and oxygen atoms in total. The summed E-state index contributed by atoms with van der Waals surface area (Å²) in [5.74, 6) is 0. The van der Waals surface area contributed by atoms with Gasteiger partial charge in [-0.2, -0.15) is 9.78 Å². The second-order valence-electron chi connectivity index (χ2n) is 6.52. The van der Waals surface area contributed by atoms with E-state index in [-0.39, 0.29) is 16.7 Å². The van der Waals surface area contributed by atoms with Crippen molar-refractivity contribution in [3.05, 3.63) is 51.9 Å². The lowest BCUT2D eigenvalue weighted by atomic mass is 10.2. The summed E-state index contributed by atoms with van der Waals surface area (Å²) >= 11 is 6.27. The van der Waals surface area contributed by atoms with E-state index in [1.54, 1.807) is 6.20 Å². The first-order valence-corrected chi connectivity index (χ1v) is 9.03. The van der Waals surface area contributed by atoms with E-state index in [9.17, 15) is 4.79 Å². The van der Waals surface area contributed by atoms with Crippen LogP contribution < -0.4 is 10.9 Å². The zero-order chi connectivity index (χ0) is 17.2. The van der Waals surface area contributed by atoms with E-state index in [1.165, 1.54) is 17.5 Å². The number of morpholine rings is 1. The number of nitrogens with zero attached hydrogens (tertiary/aromatic N) is 3. The number of rotatable bonds is 5. The molecule has 2 aliphatic rings. The Morgan fingerprint density at radius 3 is 2.84 bits per heavy atom. The van der Waals surface area contributed by atoms with Gasteiger partial charge in [0.05, 0.1) is 30.3 Å². The van der Waals surface area contributed by atoms with Crippen LogP contribution in [-0.4, -0.2) is 53.1 Å². The molecule has 1 unspecified atom stereocenters. The average Bonchev–Trinajstić information content (AvgIpc) is 3.49. The molecular formula is C18H21ClN4O2. The molecule has 2 aromatic rings. The largest absolute Gasteiger partial charge is 0.380 e. The van der Waals surface area contributed by atoms with Crippen molar-refractivity contribution in [2.45, 2.75) is 25.0 Å². The zero-order valence-electron chi connectivity index (χ0n) is 13.9. The third-order valence-corrected chi connectivity index (χ3v) is 5.04. The number of halogens is 1. The molecule has 25 heavy (non-hydrogen) atoms. The van der Waals surface area contributed by atoms with Gasteiger partial charge < -0.3 is 10.1 Å². The highest BCUT2D eigenvalue weighted by molar-refractivity contribution is 6.32. The molecule has 1 aliphatic heterocycles. The predicted octanol–water partition coefficient (Wildman–Crippen LogP) is 2.16. The number of benzene rings is 1. The van der Waals surface area contributed by atoms with Crippen LogP contribution in [0.25, 0.3) is 5.69 Å². The Kier molecular flexibility index (Phi) is 4.74. The zero-order valence-corrected chi connectivity index (χ0v) is 14.7. The first-order valence-electron chi connectivity index (χ1n) is 8.65. The van der Waals surface area contributed by atoms with Gasteiger partial charge in [0.1, 0.15) is 5.02 Å². The molecule has 0 spiro atoms. The van der Waals surface area contributed by atoms with Gasteiger partial charge in [-0.05, 0) is 25.0 Å². The van der Waals surface area contributed by atoms with Crippen molar-refractivity contribution in [1.29, 1.82) is 0 Å². The van der Waals surface area contributed by atoms with Gasteiger partial charge in [0, 0.05) is 25.7 Å². The summed E-state index contributed by atoms with van der Waals surface area (Å²) in [6.45, 7) is 3.30. The third-order valence-electron chi connectivity index (χ3n) is 4.67. The average molecular weight is 361 g/mol. The summed E-state index contributed by atoms with van der Waals surface area (Å²) in [5, 5.41) is 7.60. The van der Waals surface area contributed by atoms with Gasteiger partial charge in [-0.1, -0.05) is 29.8 Å². The topological polar surface area (TPSA) is 59.4 Å². The molecule has 2 fully saturated rings. The van der Waals surface area contributed by atoms with Crippen molar-refractivity contribution in [1.82, 2.24) is 14.7 Å². The maximum atomic E-state index is 12.5. The summed E-state index contributed by atoms with van der Waals surface area (Å²) in [6.07, 6.45) is 4.29. The Morgan fingerprint density at radius 1 is 1.28 bits per heavy atom. The maximum absolute atomic E-state index is 12.5. The van der Waals surface area contributed by atoms with Gasteiger partial charge >= 0.3 is 0 Å². The molecule has 7 heteroatoms. The number of nitrogens with one attached hydrogen (secondary N) is 1. The molecule has 0 radical (unpaired) electrons. The second kappa shape index (κ2) is 7.15. The molecule has 1 atom stereocenters. The minimum absolute atomic E-state index is 0.0990. The molecule has 4 rings (SSSR count). The standard InChI is InChI=1S/C18H21ClN4O2/c19-17-16(11-21-23(18(17)24)14-4-2-1-3-5-14)20-10-15-12-22(8-9-25-15)13-6-7-13/h1-5,11,13,15,20H,6-10,12H2. The first kappa shape index (κ1) is 16.6. The number of para-hydroxylation sites is 1. The van der Waals surface area contributed by atoms with Crippen LogP contribution in [0, 0.1) is 0 Å². The second-order valence-corrected chi connectivity index (χ2v) is 6.90. The lowest BCUT2D eigenvalue weighted by molar-refractivity contribution is -0.0241. The van der Waals surface area contributed by atoms with Crippen LogP contribution in [0.15, 0.2) is 41.3 Å². The van der Waals surface area contributed by atoms with Crippen molar-refractivity contribution in [2.75, 3.05) is 31.6 Å². The van der Waals surface area contributed by atoms with Crippen molar-refractivity contribution < 1.29 is 4.74 Å². The maximum Gasteiger partial charge on any atom is 0.292 e. The van der Waals surface area contributed by atoms with Crippen LogP contribution in [0.2, 0.25) is 5.02 Å². The number of hydrogen-bond donors (Lipinski definition) is 1. The van der Waals surface area contributed by atoms with E-state index in [4.69, 9.17) is 16.3 Å². The van der Waals surface area contributed by atoms with Crippen LogP contribution in [0.3, 0.4) is 0 Å². The Hall–Kier alpha value is -1.89. The molecule has 2 heterocycles. The van der Waals surface area contributed by atoms with Gasteiger partial charge in [-0.3, -0.25) is 9.69 Å². The summed E-state index contributed by atoms with van der Waals surface area (Å²) in [4.78, 5) is 15.0. The van der Waals surface area contributed by atoms with Gasteiger partial charge in [-0.15, -0.1) is 0 Å². The summed E-state index contributed by atoms with van der Waals surface area (Å²) in [7, 11) is 0. The lowest BCUT2D eigenvalue weighted by Gasteiger charge is -2.33. The van der Waals surface area contributed by atoms with E-state index >= 15 is 0 Å². The smallest absolute Gasteiger partial charge is 0.292 e. The van der Waals surface area contributed by atoms with Crippen molar-refractivity contribution in [2.24, 2.45) is 0 Å². The van der Waals surface area contributed by atoms with Crippen molar-refractivity contribution in [3.8, 4) is 5.69 Å². The number of aromatic nitrogens is 2. The molecule has 1 aliphatic carbocycles. The van der Waals surface area contributed by atoms with Crippen LogP contribution in [0.5, 0.6) is 0 Å². The fourth-order valence-corrected chi connectivity index (χ4v) is 3.37. The Balaban J connectivity index is 1.44. The minimum Gasteiger partial charge on any atom is -0.380 e. The quantitative estimate of drug-likeness (QED) is 0.885. The molecule has 1 N–H and O–H groups in total. The van der Waals surface area contributed by atoms with Crippen LogP contribution in [0.4, 0.5) is 5.69 Å². The van der Waals surface area contributed by atoms with E-state index in [0.717, 1.165) is 25.7 Å². The van der Waals surface area contributed by atoms with Gasteiger partial charge in [0.2, 0.25) is 0 Å². The van der Waals surface area contributed by atoms with Gasteiger partial charge in [0.15, 0.2) is 0 Å². The Bertz CT molecular complexity index is 791. The highest BCUT2D eigenvalue weighted by atomic mass is 35.5. The molecule has 0 bridgehead atoms. The van der Waals surface area contributed by atoms with Gasteiger partial charge in [0.25, 0.3) is 5.56 Å². The van der Waals surface area contributed by atoms with Crippen LogP contribution >= 0.6 is 11.6 Å². The molecule has 132 valence electrons. The molecule has 1 saturated carbocycles. The highest BCUT2D eigenvalue weighted by Crippen LogP contribution is 2.28. The predicted molar refractivity (Wildman–Crippen MR) is 97.7 cm³/mol. The van der Waals surface area contributed by atoms with E-state index in [0.29, 0.717) is 17.9 Å². The van der Waals surface area contributed by atoms with Crippen molar-refractivity contribution in [3.63, 3.8) is 0 Å². The van der Waals surface area contributed by atoms with E-state index < -0.39 is 0 Å². The fraction of sp³-hybridized carbons (Fsp3) is 0.444. The van der Waals surface area contributed by atoms with Crippen molar-refractivity contribution >= 4 is 17.3 Å². The SMILES string of the molecule is O=c1c(Cl)c(NCC2CN(C3CC3)CCO2)cnn1-c1ccccc1. The summed E-state index contributed by atoms with van der Waals surface area (Å²) in [6, 6.07) is 9.98. The molecule has 1 aromatic heterocycles.